The topological polar surface area (TPSA) is 87.5 Å². The van der Waals surface area contributed by atoms with Crippen molar-refractivity contribution in [1.29, 1.82) is 0 Å². The largest absolute Gasteiger partial charge is 0.383 e. The van der Waals surface area contributed by atoms with Gasteiger partial charge in [-0.2, -0.15) is 0 Å². The summed E-state index contributed by atoms with van der Waals surface area (Å²) in [6, 6.07) is 5.00. The van der Waals surface area contributed by atoms with E-state index in [-0.39, 0.29) is 17.6 Å². The van der Waals surface area contributed by atoms with Crippen LogP contribution in [0.2, 0.25) is 0 Å². The summed E-state index contributed by atoms with van der Waals surface area (Å²) in [7, 11) is 3.29. The first-order valence-corrected chi connectivity index (χ1v) is 6.97. The second-order valence-corrected chi connectivity index (χ2v) is 5.10. The second-order valence-electron chi connectivity index (χ2n) is 5.10. The Balaban J connectivity index is 2.17. The number of rotatable bonds is 5. The molecule has 0 radical (unpaired) electrons. The van der Waals surface area contributed by atoms with Crippen LogP contribution < -0.4 is 10.6 Å². The summed E-state index contributed by atoms with van der Waals surface area (Å²) in [5.74, 6) is 0.00819. The molecule has 114 valence electrons. The molecule has 7 nitrogen and oxygen atoms in total. The number of nitro groups is 1. The van der Waals surface area contributed by atoms with Gasteiger partial charge in [-0.15, -0.1) is 0 Å². The Bertz CT molecular complexity index is 547. The molecule has 1 aliphatic heterocycles. The van der Waals surface area contributed by atoms with Crippen LogP contribution in [0.25, 0.3) is 0 Å². The SMILES string of the molecule is CNC(=O)C1CCCN1Cc1ccc(NC)c([N+](=O)[O-])c1. The molecule has 7 heteroatoms. The van der Waals surface area contributed by atoms with Crippen LogP contribution in [0.5, 0.6) is 0 Å². The minimum absolute atomic E-state index is 0.00819. The van der Waals surface area contributed by atoms with Crippen LogP contribution >= 0.6 is 0 Å². The van der Waals surface area contributed by atoms with Gasteiger partial charge in [0.15, 0.2) is 0 Å². The van der Waals surface area contributed by atoms with Crippen molar-refractivity contribution in [3.05, 3.63) is 33.9 Å². The summed E-state index contributed by atoms with van der Waals surface area (Å²) in [5, 5.41) is 16.6. The first-order valence-electron chi connectivity index (χ1n) is 6.97. The number of nitrogens with one attached hydrogen (secondary N) is 2. The van der Waals surface area contributed by atoms with Gasteiger partial charge in [-0.3, -0.25) is 19.8 Å². The maximum atomic E-state index is 11.8. The molecule has 1 aromatic rings. The minimum Gasteiger partial charge on any atom is -0.383 e. The van der Waals surface area contributed by atoms with Crippen molar-refractivity contribution in [3.63, 3.8) is 0 Å². The van der Waals surface area contributed by atoms with Gasteiger partial charge in [0.1, 0.15) is 5.69 Å². The zero-order valence-corrected chi connectivity index (χ0v) is 12.3. The van der Waals surface area contributed by atoms with Gasteiger partial charge in [0.25, 0.3) is 5.69 Å². The molecule has 1 aromatic carbocycles. The highest BCUT2D eigenvalue weighted by Crippen LogP contribution is 2.27. The Morgan fingerprint density at radius 3 is 2.86 bits per heavy atom. The Morgan fingerprint density at radius 1 is 1.48 bits per heavy atom. The molecule has 0 spiro atoms. The van der Waals surface area contributed by atoms with Gasteiger partial charge >= 0.3 is 0 Å². The second kappa shape index (κ2) is 6.53. The Hall–Kier alpha value is -2.15. The number of hydrogen-bond donors (Lipinski definition) is 2. The Morgan fingerprint density at radius 2 is 2.24 bits per heavy atom. The molecule has 21 heavy (non-hydrogen) atoms. The van der Waals surface area contributed by atoms with E-state index in [1.165, 1.54) is 0 Å². The molecule has 1 saturated heterocycles. The van der Waals surface area contributed by atoms with E-state index >= 15 is 0 Å². The van der Waals surface area contributed by atoms with E-state index in [1.807, 2.05) is 6.07 Å². The van der Waals surface area contributed by atoms with E-state index in [9.17, 15) is 14.9 Å². The lowest BCUT2D eigenvalue weighted by Gasteiger charge is -2.23. The molecule has 2 N–H and O–H groups in total. The Labute approximate surface area is 123 Å². The quantitative estimate of drug-likeness (QED) is 0.632. The van der Waals surface area contributed by atoms with E-state index in [0.717, 1.165) is 24.9 Å². The zero-order valence-electron chi connectivity index (χ0n) is 12.3. The zero-order chi connectivity index (χ0) is 15.4. The number of carbonyl (C=O) groups is 1. The molecule has 1 fully saturated rings. The van der Waals surface area contributed by atoms with Gasteiger partial charge in [0.05, 0.1) is 11.0 Å². The summed E-state index contributed by atoms with van der Waals surface area (Å²) >= 11 is 0. The van der Waals surface area contributed by atoms with Crippen molar-refractivity contribution in [1.82, 2.24) is 10.2 Å². The fourth-order valence-corrected chi connectivity index (χ4v) is 2.75. The van der Waals surface area contributed by atoms with Crippen LogP contribution in [-0.4, -0.2) is 42.4 Å². The maximum absolute atomic E-state index is 11.8. The smallest absolute Gasteiger partial charge is 0.292 e. The lowest BCUT2D eigenvalue weighted by atomic mass is 10.1. The lowest BCUT2D eigenvalue weighted by molar-refractivity contribution is -0.384. The summed E-state index contributed by atoms with van der Waals surface area (Å²) in [4.78, 5) is 24.6. The summed E-state index contributed by atoms with van der Waals surface area (Å²) in [6.45, 7) is 1.38. The third kappa shape index (κ3) is 3.30. The molecule has 0 saturated carbocycles. The number of likely N-dealkylation sites (N-methyl/N-ethyl adjacent to an activating group) is 1. The molecule has 1 aliphatic rings. The van der Waals surface area contributed by atoms with Crippen LogP contribution in [0.3, 0.4) is 0 Å². The number of nitro benzene ring substituents is 1. The fourth-order valence-electron chi connectivity index (χ4n) is 2.75. The van der Waals surface area contributed by atoms with Gasteiger partial charge < -0.3 is 10.6 Å². The maximum Gasteiger partial charge on any atom is 0.292 e. The molecule has 1 unspecified atom stereocenters. The van der Waals surface area contributed by atoms with Crippen LogP contribution in [0.4, 0.5) is 11.4 Å². The molecule has 0 bridgehead atoms. The van der Waals surface area contributed by atoms with Crippen molar-refractivity contribution in [2.45, 2.75) is 25.4 Å². The highest BCUT2D eigenvalue weighted by Gasteiger charge is 2.30. The lowest BCUT2D eigenvalue weighted by Crippen LogP contribution is -2.41. The van der Waals surface area contributed by atoms with Crippen molar-refractivity contribution >= 4 is 17.3 Å². The van der Waals surface area contributed by atoms with Crippen molar-refractivity contribution in [3.8, 4) is 0 Å². The number of carbonyl (C=O) groups excluding carboxylic acids is 1. The number of nitrogens with zero attached hydrogens (tertiary/aromatic N) is 2. The summed E-state index contributed by atoms with van der Waals surface area (Å²) in [6.07, 6.45) is 1.80. The average Bonchev–Trinajstić information content (AvgIpc) is 2.94. The van der Waals surface area contributed by atoms with E-state index < -0.39 is 4.92 Å². The standard InChI is InChI=1S/C14H20N4O3/c1-15-11-6-5-10(8-13(11)18(20)21)9-17-7-3-4-12(17)14(19)16-2/h5-6,8,12,15H,3-4,7,9H2,1-2H3,(H,16,19). The van der Waals surface area contributed by atoms with Crippen LogP contribution in [0.15, 0.2) is 18.2 Å². The van der Waals surface area contributed by atoms with Gasteiger partial charge in [-0.05, 0) is 31.0 Å². The van der Waals surface area contributed by atoms with Crippen molar-refractivity contribution in [2.75, 3.05) is 26.0 Å². The predicted octanol–water partition coefficient (Wildman–Crippen LogP) is 1.35. The van der Waals surface area contributed by atoms with E-state index in [1.54, 1.807) is 26.2 Å². The summed E-state index contributed by atoms with van der Waals surface area (Å²) < 4.78 is 0. The number of benzene rings is 1. The fraction of sp³-hybridized carbons (Fsp3) is 0.500. The van der Waals surface area contributed by atoms with Crippen molar-refractivity contribution < 1.29 is 9.72 Å². The first kappa shape index (κ1) is 15.2. The minimum atomic E-state index is -0.393. The van der Waals surface area contributed by atoms with Crippen LogP contribution in [-0.2, 0) is 11.3 Å². The Kier molecular flexibility index (Phi) is 4.74. The van der Waals surface area contributed by atoms with E-state index in [0.29, 0.717) is 12.2 Å². The molecular weight excluding hydrogens is 272 g/mol. The molecule has 0 aliphatic carbocycles. The number of likely N-dealkylation sites (tertiary alicyclic amines) is 1. The molecule has 2 rings (SSSR count). The molecule has 1 heterocycles. The predicted molar refractivity (Wildman–Crippen MR) is 80.1 cm³/mol. The highest BCUT2D eigenvalue weighted by atomic mass is 16.6. The summed E-state index contributed by atoms with van der Waals surface area (Å²) in [5.41, 5.74) is 1.40. The highest BCUT2D eigenvalue weighted by molar-refractivity contribution is 5.81. The van der Waals surface area contributed by atoms with Gasteiger partial charge in [-0.25, -0.2) is 0 Å². The monoisotopic (exact) mass is 292 g/mol. The van der Waals surface area contributed by atoms with Crippen LogP contribution in [0.1, 0.15) is 18.4 Å². The van der Waals surface area contributed by atoms with Crippen molar-refractivity contribution in [2.24, 2.45) is 0 Å². The number of amides is 1. The molecular formula is C14H20N4O3. The normalized spacial score (nSPS) is 18.5. The van der Waals surface area contributed by atoms with Crippen LogP contribution in [0, 0.1) is 10.1 Å². The van der Waals surface area contributed by atoms with E-state index in [2.05, 4.69) is 15.5 Å². The van der Waals surface area contributed by atoms with Gasteiger partial charge in [0, 0.05) is 26.7 Å². The third-order valence-electron chi connectivity index (χ3n) is 3.83. The molecule has 0 aromatic heterocycles. The number of hydrogen-bond acceptors (Lipinski definition) is 5. The molecule has 1 atom stereocenters. The first-order chi connectivity index (χ1) is 10.1. The average molecular weight is 292 g/mol. The van der Waals surface area contributed by atoms with E-state index in [4.69, 9.17) is 0 Å². The van der Waals surface area contributed by atoms with Gasteiger partial charge in [0.2, 0.25) is 5.91 Å². The molecule has 1 amide bonds. The number of anilines is 1. The van der Waals surface area contributed by atoms with Gasteiger partial charge in [-0.1, -0.05) is 6.07 Å². The third-order valence-corrected chi connectivity index (χ3v) is 3.83.